The van der Waals surface area contributed by atoms with E-state index in [9.17, 15) is 0 Å². The van der Waals surface area contributed by atoms with E-state index in [2.05, 4.69) is 53.2 Å². The van der Waals surface area contributed by atoms with Crippen molar-refractivity contribution in [3.05, 3.63) is 51.7 Å². The predicted octanol–water partition coefficient (Wildman–Crippen LogP) is 4.80. The predicted molar refractivity (Wildman–Crippen MR) is 77.5 cm³/mol. The van der Waals surface area contributed by atoms with E-state index in [0.717, 1.165) is 12.2 Å². The minimum atomic E-state index is 0.252. The maximum absolute atomic E-state index is 5.21. The van der Waals surface area contributed by atoms with Crippen LogP contribution >= 0.6 is 27.3 Å². The van der Waals surface area contributed by atoms with Crippen LogP contribution in [0.4, 0.5) is 0 Å². The summed E-state index contributed by atoms with van der Waals surface area (Å²) in [5.41, 5.74) is 2.66. The van der Waals surface area contributed by atoms with Crippen LogP contribution in [0.15, 0.2) is 35.7 Å². The molecule has 2 rings (SSSR count). The highest BCUT2D eigenvalue weighted by Gasteiger charge is 2.12. The number of ether oxygens (including phenoxy) is 1. The lowest BCUT2D eigenvalue weighted by Gasteiger charge is -2.08. The van der Waals surface area contributed by atoms with Gasteiger partial charge in [-0.2, -0.15) is 0 Å². The molecule has 1 atom stereocenters. The zero-order chi connectivity index (χ0) is 12.3. The zero-order valence-corrected chi connectivity index (χ0v) is 12.3. The van der Waals surface area contributed by atoms with Gasteiger partial charge in [0.05, 0.1) is 11.9 Å². The second kappa shape index (κ2) is 5.69. The Labute approximate surface area is 115 Å². The second-order valence-corrected chi connectivity index (χ2v) is 5.71. The molecule has 1 aromatic heterocycles. The molecule has 0 fully saturated rings. The summed E-state index contributed by atoms with van der Waals surface area (Å²) in [6.45, 7) is 2.17. The molecular weight excluding hydrogens is 296 g/mol. The molecule has 17 heavy (non-hydrogen) atoms. The fourth-order valence-electron chi connectivity index (χ4n) is 1.66. The topological polar surface area (TPSA) is 9.23 Å². The third kappa shape index (κ3) is 2.90. The van der Waals surface area contributed by atoms with E-state index >= 15 is 0 Å². The number of hydrogen-bond donors (Lipinski definition) is 0. The Morgan fingerprint density at radius 3 is 2.53 bits per heavy atom. The molecule has 1 nitrogen and oxygen atoms in total. The number of benzene rings is 1. The summed E-state index contributed by atoms with van der Waals surface area (Å²) in [4.78, 5) is 1.52. The molecule has 0 radical (unpaired) electrons. The molecule has 0 saturated carbocycles. The number of hydrogen-bond acceptors (Lipinski definition) is 2. The Morgan fingerprint density at radius 1 is 1.29 bits per heavy atom. The molecule has 0 N–H and O–H groups in total. The van der Waals surface area contributed by atoms with Crippen molar-refractivity contribution in [2.75, 3.05) is 7.11 Å². The molecular formula is C14H15BrOS. The normalized spacial score (nSPS) is 12.4. The van der Waals surface area contributed by atoms with Crippen molar-refractivity contribution in [1.29, 1.82) is 0 Å². The van der Waals surface area contributed by atoms with E-state index < -0.39 is 0 Å². The smallest absolute Gasteiger partial charge is 0.129 e. The molecule has 1 unspecified atom stereocenters. The summed E-state index contributed by atoms with van der Waals surface area (Å²) in [7, 11) is 1.70. The van der Waals surface area contributed by atoms with Gasteiger partial charge in [-0.25, -0.2) is 0 Å². The number of methoxy groups -OCH3 is 1. The Kier molecular flexibility index (Phi) is 4.24. The lowest BCUT2D eigenvalue weighted by molar-refractivity contribution is 0.416. The van der Waals surface area contributed by atoms with Gasteiger partial charge in [0.15, 0.2) is 0 Å². The first kappa shape index (κ1) is 12.7. The fourth-order valence-corrected chi connectivity index (χ4v) is 3.28. The molecule has 2 aromatic rings. The summed E-state index contributed by atoms with van der Waals surface area (Å²) in [5, 5.41) is 2.03. The molecule has 0 saturated heterocycles. The Bertz CT molecular complexity index is 475. The van der Waals surface area contributed by atoms with Crippen LogP contribution in [-0.2, 0) is 6.42 Å². The molecule has 0 amide bonds. The van der Waals surface area contributed by atoms with Gasteiger partial charge in [0.25, 0.3) is 0 Å². The van der Waals surface area contributed by atoms with Gasteiger partial charge in [0.1, 0.15) is 5.75 Å². The van der Waals surface area contributed by atoms with Crippen LogP contribution in [0.5, 0.6) is 5.75 Å². The first-order valence-corrected chi connectivity index (χ1v) is 7.39. The van der Waals surface area contributed by atoms with Gasteiger partial charge in [0.2, 0.25) is 0 Å². The van der Waals surface area contributed by atoms with Crippen molar-refractivity contribution >= 4 is 27.3 Å². The van der Waals surface area contributed by atoms with Gasteiger partial charge in [0, 0.05) is 10.3 Å². The van der Waals surface area contributed by atoms with Crippen LogP contribution < -0.4 is 4.74 Å². The van der Waals surface area contributed by atoms with Crippen LogP contribution in [0.3, 0.4) is 0 Å². The number of halogens is 1. The quantitative estimate of drug-likeness (QED) is 0.737. The molecule has 0 aliphatic carbocycles. The average Bonchev–Trinajstić information content (AvgIpc) is 2.87. The van der Waals surface area contributed by atoms with Crippen molar-refractivity contribution in [2.45, 2.75) is 18.2 Å². The Morgan fingerprint density at radius 2 is 2.00 bits per heavy atom. The third-order valence-corrected chi connectivity index (χ3v) is 5.06. The lowest BCUT2D eigenvalue weighted by Crippen LogP contribution is -1.90. The van der Waals surface area contributed by atoms with E-state index in [1.54, 1.807) is 18.4 Å². The van der Waals surface area contributed by atoms with Crippen molar-refractivity contribution in [3.8, 4) is 5.75 Å². The van der Waals surface area contributed by atoms with Gasteiger partial charge in [-0.1, -0.05) is 47.1 Å². The van der Waals surface area contributed by atoms with Gasteiger partial charge in [-0.05, 0) is 23.6 Å². The van der Waals surface area contributed by atoms with Gasteiger partial charge >= 0.3 is 0 Å². The number of aryl methyl sites for hydroxylation is 1. The molecule has 0 bridgehead atoms. The summed E-state index contributed by atoms with van der Waals surface area (Å²) in [6.07, 6.45) is 1.08. The first-order chi connectivity index (χ1) is 8.24. The van der Waals surface area contributed by atoms with Crippen molar-refractivity contribution in [1.82, 2.24) is 0 Å². The SMILES string of the molecule is CCc1ccc(C(Br)c2cc(OC)cs2)cc1. The number of thiophene rings is 1. The van der Waals surface area contributed by atoms with Gasteiger partial charge in [-0.3, -0.25) is 0 Å². The maximum atomic E-state index is 5.21. The highest BCUT2D eigenvalue weighted by Crippen LogP contribution is 2.36. The molecule has 90 valence electrons. The Hall–Kier alpha value is -0.800. The summed E-state index contributed by atoms with van der Waals surface area (Å²) in [5.74, 6) is 0.930. The van der Waals surface area contributed by atoms with Gasteiger partial charge in [-0.15, -0.1) is 11.3 Å². The summed E-state index contributed by atoms with van der Waals surface area (Å²) in [6, 6.07) is 10.8. The molecule has 0 spiro atoms. The third-order valence-electron chi connectivity index (χ3n) is 2.76. The lowest BCUT2D eigenvalue weighted by atomic mass is 10.1. The zero-order valence-electron chi connectivity index (χ0n) is 9.94. The van der Waals surface area contributed by atoms with Crippen LogP contribution in [0.1, 0.15) is 27.8 Å². The molecule has 3 heteroatoms. The molecule has 1 aromatic carbocycles. The second-order valence-electron chi connectivity index (χ2n) is 3.85. The minimum absolute atomic E-state index is 0.252. The van der Waals surface area contributed by atoms with Gasteiger partial charge < -0.3 is 4.74 Å². The van der Waals surface area contributed by atoms with E-state index in [0.29, 0.717) is 0 Å². The Balaban J connectivity index is 2.20. The van der Waals surface area contributed by atoms with Crippen molar-refractivity contribution < 1.29 is 4.74 Å². The highest BCUT2D eigenvalue weighted by atomic mass is 79.9. The van der Waals surface area contributed by atoms with Crippen molar-refractivity contribution in [2.24, 2.45) is 0 Å². The van der Waals surface area contributed by atoms with E-state index in [4.69, 9.17) is 4.74 Å². The highest BCUT2D eigenvalue weighted by molar-refractivity contribution is 9.09. The minimum Gasteiger partial charge on any atom is -0.496 e. The molecule has 0 aliphatic rings. The monoisotopic (exact) mass is 310 g/mol. The van der Waals surface area contributed by atoms with E-state index in [1.165, 1.54) is 16.0 Å². The van der Waals surface area contributed by atoms with Crippen LogP contribution in [-0.4, -0.2) is 7.11 Å². The molecule has 1 heterocycles. The van der Waals surface area contributed by atoms with Crippen molar-refractivity contribution in [3.63, 3.8) is 0 Å². The van der Waals surface area contributed by atoms with Crippen LogP contribution in [0, 0.1) is 0 Å². The number of alkyl halides is 1. The largest absolute Gasteiger partial charge is 0.496 e. The number of rotatable bonds is 4. The molecule has 0 aliphatic heterocycles. The summed E-state index contributed by atoms with van der Waals surface area (Å²) >= 11 is 5.45. The standard InChI is InChI=1S/C14H15BrOS/c1-3-10-4-6-11(7-5-10)14(15)13-8-12(16-2)9-17-13/h4-9,14H,3H2,1-2H3. The first-order valence-electron chi connectivity index (χ1n) is 5.60. The maximum Gasteiger partial charge on any atom is 0.129 e. The fraction of sp³-hybridized carbons (Fsp3) is 0.286. The van der Waals surface area contributed by atoms with Crippen LogP contribution in [0.2, 0.25) is 0 Å². The van der Waals surface area contributed by atoms with E-state index in [-0.39, 0.29) is 4.83 Å². The average molecular weight is 311 g/mol. The van der Waals surface area contributed by atoms with E-state index in [1.807, 2.05) is 5.38 Å². The summed E-state index contributed by atoms with van der Waals surface area (Å²) < 4.78 is 5.21. The van der Waals surface area contributed by atoms with Crippen LogP contribution in [0.25, 0.3) is 0 Å².